The zero-order chi connectivity index (χ0) is 10.7. The number of quaternary nitrogens is 1. The molecule has 4 N–H and O–H groups in total. The van der Waals surface area contributed by atoms with E-state index >= 15 is 0 Å². The average molecular weight is 210 g/mol. The highest BCUT2D eigenvalue weighted by molar-refractivity contribution is 5.09. The van der Waals surface area contributed by atoms with Gasteiger partial charge in [0.15, 0.2) is 0 Å². The van der Waals surface area contributed by atoms with E-state index in [0.717, 1.165) is 31.1 Å². The lowest BCUT2D eigenvalue weighted by molar-refractivity contribution is -0.461. The molecule has 2 nitrogen and oxygen atoms in total. The second-order valence-corrected chi connectivity index (χ2v) is 6.65. The lowest BCUT2D eigenvalue weighted by atomic mass is 9.46. The molecule has 0 radical (unpaired) electrons. The van der Waals surface area contributed by atoms with Crippen LogP contribution in [0.2, 0.25) is 0 Å². The molecule has 4 bridgehead atoms. The molecule has 0 amide bonds. The third kappa shape index (κ3) is 1.38. The van der Waals surface area contributed by atoms with Crippen LogP contribution in [0.25, 0.3) is 0 Å². The van der Waals surface area contributed by atoms with Gasteiger partial charge in [-0.1, -0.05) is 6.92 Å². The van der Waals surface area contributed by atoms with E-state index in [-0.39, 0.29) is 5.60 Å². The van der Waals surface area contributed by atoms with Gasteiger partial charge in [0.1, 0.15) is 0 Å². The molecule has 0 aliphatic heterocycles. The SMILES string of the molecule is CC[C@@H]([NH3+])C12C[C@@H]3C[C@H](CC(O)(C3)C1)C2. The summed E-state index contributed by atoms with van der Waals surface area (Å²) in [7, 11) is 0. The number of aliphatic hydroxyl groups is 1. The van der Waals surface area contributed by atoms with Gasteiger partial charge in [0.2, 0.25) is 0 Å². The Bertz CT molecular complexity index is 262. The van der Waals surface area contributed by atoms with Crippen LogP contribution in [0.3, 0.4) is 0 Å². The van der Waals surface area contributed by atoms with E-state index in [0.29, 0.717) is 11.5 Å². The smallest absolute Gasteiger partial charge is 0.0899 e. The van der Waals surface area contributed by atoms with E-state index in [9.17, 15) is 5.11 Å². The van der Waals surface area contributed by atoms with Crippen LogP contribution in [-0.4, -0.2) is 16.7 Å². The molecule has 86 valence electrons. The summed E-state index contributed by atoms with van der Waals surface area (Å²) in [6.45, 7) is 2.25. The minimum absolute atomic E-state index is 0.296. The van der Waals surface area contributed by atoms with Gasteiger partial charge in [-0.3, -0.25) is 0 Å². The summed E-state index contributed by atoms with van der Waals surface area (Å²) in [5.41, 5.74) is 4.48. The van der Waals surface area contributed by atoms with Crippen molar-refractivity contribution in [3.63, 3.8) is 0 Å². The highest BCUT2D eigenvalue weighted by atomic mass is 16.3. The average Bonchev–Trinajstić information content (AvgIpc) is 2.12. The minimum atomic E-state index is -0.296. The Morgan fingerprint density at radius 3 is 2.33 bits per heavy atom. The third-order valence-electron chi connectivity index (χ3n) is 5.43. The van der Waals surface area contributed by atoms with Crippen LogP contribution in [-0.2, 0) is 0 Å². The molecular formula is C13H24NO+. The van der Waals surface area contributed by atoms with E-state index < -0.39 is 0 Å². The fraction of sp³-hybridized carbons (Fsp3) is 1.00. The number of hydrogen-bond donors (Lipinski definition) is 2. The monoisotopic (exact) mass is 210 g/mol. The molecule has 4 saturated carbocycles. The molecule has 0 unspecified atom stereocenters. The lowest BCUT2D eigenvalue weighted by Gasteiger charge is -2.60. The topological polar surface area (TPSA) is 47.9 Å². The molecular weight excluding hydrogens is 186 g/mol. The maximum absolute atomic E-state index is 10.6. The second kappa shape index (κ2) is 2.98. The van der Waals surface area contributed by atoms with E-state index in [1.807, 2.05) is 0 Å². The number of rotatable bonds is 2. The van der Waals surface area contributed by atoms with Gasteiger partial charge < -0.3 is 10.8 Å². The van der Waals surface area contributed by atoms with Gasteiger partial charge in [-0.15, -0.1) is 0 Å². The first-order valence-electron chi connectivity index (χ1n) is 6.61. The van der Waals surface area contributed by atoms with Crippen molar-refractivity contribution >= 4 is 0 Å². The molecule has 0 spiro atoms. The molecule has 3 atom stereocenters. The molecule has 0 aromatic carbocycles. The van der Waals surface area contributed by atoms with Gasteiger partial charge in [0, 0.05) is 5.41 Å². The second-order valence-electron chi connectivity index (χ2n) is 6.65. The highest BCUT2D eigenvalue weighted by Crippen LogP contribution is 2.62. The van der Waals surface area contributed by atoms with Crippen molar-refractivity contribution in [3.05, 3.63) is 0 Å². The Labute approximate surface area is 92.2 Å². The van der Waals surface area contributed by atoms with Crippen LogP contribution in [0.1, 0.15) is 51.9 Å². The van der Waals surface area contributed by atoms with E-state index in [4.69, 9.17) is 0 Å². The van der Waals surface area contributed by atoms with Crippen LogP contribution in [0, 0.1) is 17.3 Å². The van der Waals surface area contributed by atoms with Crippen LogP contribution in [0.15, 0.2) is 0 Å². The zero-order valence-electron chi connectivity index (χ0n) is 9.84. The third-order valence-corrected chi connectivity index (χ3v) is 5.43. The summed E-state index contributed by atoms with van der Waals surface area (Å²) in [6, 6.07) is 0.565. The normalized spacial score (nSPS) is 54.6. The summed E-state index contributed by atoms with van der Waals surface area (Å²) < 4.78 is 0. The van der Waals surface area contributed by atoms with Gasteiger partial charge in [-0.2, -0.15) is 0 Å². The summed E-state index contributed by atoms with van der Waals surface area (Å²) >= 11 is 0. The maximum Gasteiger partial charge on any atom is 0.0899 e. The molecule has 4 aliphatic rings. The molecule has 0 aromatic heterocycles. The Hall–Kier alpha value is -0.0800. The van der Waals surface area contributed by atoms with E-state index in [1.54, 1.807) is 0 Å². The molecule has 4 rings (SSSR count). The molecule has 0 aromatic rings. The fourth-order valence-corrected chi connectivity index (χ4v) is 5.19. The van der Waals surface area contributed by atoms with Crippen molar-refractivity contribution < 1.29 is 10.8 Å². The Kier molecular flexibility index (Phi) is 2.01. The predicted molar refractivity (Wildman–Crippen MR) is 59.0 cm³/mol. The first kappa shape index (κ1) is 10.1. The molecule has 15 heavy (non-hydrogen) atoms. The van der Waals surface area contributed by atoms with Crippen LogP contribution in [0.5, 0.6) is 0 Å². The summed E-state index contributed by atoms with van der Waals surface area (Å²) in [4.78, 5) is 0. The Morgan fingerprint density at radius 2 is 1.87 bits per heavy atom. The van der Waals surface area contributed by atoms with Gasteiger partial charge >= 0.3 is 0 Å². The van der Waals surface area contributed by atoms with Crippen molar-refractivity contribution in [1.29, 1.82) is 0 Å². The predicted octanol–water partition coefficient (Wildman–Crippen LogP) is 1.34. The van der Waals surface area contributed by atoms with Gasteiger partial charge in [-0.25, -0.2) is 0 Å². The quantitative estimate of drug-likeness (QED) is 0.710. The van der Waals surface area contributed by atoms with Crippen molar-refractivity contribution in [2.45, 2.75) is 63.5 Å². The summed E-state index contributed by atoms with van der Waals surface area (Å²) in [6.07, 6.45) is 8.50. The van der Waals surface area contributed by atoms with Crippen molar-refractivity contribution in [1.82, 2.24) is 0 Å². The first-order valence-corrected chi connectivity index (χ1v) is 6.61. The molecule has 2 heteroatoms. The van der Waals surface area contributed by atoms with Crippen LogP contribution < -0.4 is 5.73 Å². The Morgan fingerprint density at radius 1 is 1.27 bits per heavy atom. The van der Waals surface area contributed by atoms with Crippen LogP contribution in [0.4, 0.5) is 0 Å². The Balaban J connectivity index is 1.92. The van der Waals surface area contributed by atoms with Gasteiger partial charge in [-0.05, 0) is 56.8 Å². The number of hydrogen-bond acceptors (Lipinski definition) is 1. The molecule has 4 aliphatic carbocycles. The van der Waals surface area contributed by atoms with Crippen LogP contribution >= 0.6 is 0 Å². The maximum atomic E-state index is 10.6. The van der Waals surface area contributed by atoms with Gasteiger partial charge in [0.05, 0.1) is 11.6 Å². The minimum Gasteiger partial charge on any atom is -0.390 e. The van der Waals surface area contributed by atoms with E-state index in [2.05, 4.69) is 12.7 Å². The highest BCUT2D eigenvalue weighted by Gasteiger charge is 2.59. The van der Waals surface area contributed by atoms with Crippen molar-refractivity contribution in [2.24, 2.45) is 17.3 Å². The zero-order valence-corrected chi connectivity index (χ0v) is 9.84. The van der Waals surface area contributed by atoms with E-state index in [1.165, 1.54) is 25.7 Å². The van der Waals surface area contributed by atoms with Gasteiger partial charge in [0.25, 0.3) is 0 Å². The van der Waals surface area contributed by atoms with Crippen molar-refractivity contribution in [2.75, 3.05) is 0 Å². The van der Waals surface area contributed by atoms with Crippen molar-refractivity contribution in [3.8, 4) is 0 Å². The largest absolute Gasteiger partial charge is 0.390 e. The summed E-state index contributed by atoms with van der Waals surface area (Å²) in [5.74, 6) is 1.62. The fourth-order valence-electron chi connectivity index (χ4n) is 5.19. The molecule has 0 saturated heterocycles. The molecule has 4 fully saturated rings. The first-order chi connectivity index (χ1) is 7.05. The molecule has 0 heterocycles. The lowest BCUT2D eigenvalue weighted by Crippen LogP contribution is -2.73. The summed E-state index contributed by atoms with van der Waals surface area (Å²) in [5, 5.41) is 10.6. The standard InChI is InChI=1S/C13H23NO/c1-2-11(14)12-4-9-3-10(5-12)7-13(15,6-9)8-12/h9-11,15H,2-8,14H2,1H3/p+1/t9-,10-,11+,12?,13?/m0/s1.